The Morgan fingerprint density at radius 3 is 2.00 bits per heavy atom. The van der Waals surface area contributed by atoms with Gasteiger partial charge < -0.3 is 19.7 Å². The summed E-state index contributed by atoms with van der Waals surface area (Å²) in [5, 5.41) is 17.0. The largest absolute Gasteiger partial charge is 0.473 e. The first-order chi connectivity index (χ1) is 15.0. The van der Waals surface area contributed by atoms with Gasteiger partial charge in [-0.1, -0.05) is 62.4 Å². The Morgan fingerprint density at radius 1 is 0.935 bits per heavy atom. The SMILES string of the molecule is CCN(CC)CCn1c(-c2ccccc2)csc1=Nc1ccccc1.O=C(O)C(=O)O. The fourth-order valence-electron chi connectivity index (χ4n) is 2.87. The third-order valence-corrected chi connectivity index (χ3v) is 5.43. The maximum absolute atomic E-state index is 9.10. The summed E-state index contributed by atoms with van der Waals surface area (Å²) in [6, 6.07) is 20.8. The summed E-state index contributed by atoms with van der Waals surface area (Å²) >= 11 is 1.71. The second-order valence-electron chi connectivity index (χ2n) is 6.51. The van der Waals surface area contributed by atoms with Gasteiger partial charge in [-0.05, 0) is 30.8 Å². The summed E-state index contributed by atoms with van der Waals surface area (Å²) in [5.74, 6) is -3.65. The molecule has 8 heteroatoms. The highest BCUT2D eigenvalue weighted by Crippen LogP contribution is 2.20. The van der Waals surface area contributed by atoms with Crippen molar-refractivity contribution in [3.8, 4) is 11.3 Å². The Balaban J connectivity index is 0.000000501. The maximum Gasteiger partial charge on any atom is 0.414 e. The second kappa shape index (κ2) is 12.5. The van der Waals surface area contributed by atoms with Gasteiger partial charge in [-0.2, -0.15) is 0 Å². The molecule has 31 heavy (non-hydrogen) atoms. The number of likely N-dealkylation sites (N-methyl/N-ethyl adjacent to an activating group) is 1. The minimum absolute atomic E-state index is 0.946. The molecule has 0 bridgehead atoms. The molecule has 0 fully saturated rings. The molecule has 0 unspecified atom stereocenters. The van der Waals surface area contributed by atoms with Crippen LogP contribution in [0.3, 0.4) is 0 Å². The van der Waals surface area contributed by atoms with Crippen LogP contribution >= 0.6 is 11.3 Å². The third kappa shape index (κ3) is 7.51. The summed E-state index contributed by atoms with van der Waals surface area (Å²) in [6.07, 6.45) is 0. The number of carboxylic acids is 2. The van der Waals surface area contributed by atoms with Gasteiger partial charge in [0.1, 0.15) is 0 Å². The zero-order valence-corrected chi connectivity index (χ0v) is 18.5. The smallest absolute Gasteiger partial charge is 0.414 e. The minimum atomic E-state index is -1.82. The van der Waals surface area contributed by atoms with Crippen LogP contribution in [0.4, 0.5) is 5.69 Å². The topological polar surface area (TPSA) is 95.1 Å². The van der Waals surface area contributed by atoms with Gasteiger partial charge in [0.15, 0.2) is 4.80 Å². The number of para-hydroxylation sites is 1. The second-order valence-corrected chi connectivity index (χ2v) is 7.34. The fraction of sp³-hybridized carbons (Fsp3) is 0.261. The molecule has 0 aliphatic heterocycles. The van der Waals surface area contributed by atoms with Crippen LogP contribution in [0.2, 0.25) is 0 Å². The lowest BCUT2D eigenvalue weighted by Gasteiger charge is -2.19. The fourth-order valence-corrected chi connectivity index (χ4v) is 3.82. The van der Waals surface area contributed by atoms with Gasteiger partial charge in [0.05, 0.1) is 11.4 Å². The normalized spacial score (nSPS) is 11.1. The van der Waals surface area contributed by atoms with E-state index in [1.807, 2.05) is 18.2 Å². The number of aromatic nitrogens is 1. The van der Waals surface area contributed by atoms with E-state index in [1.54, 1.807) is 11.3 Å². The zero-order valence-electron chi connectivity index (χ0n) is 17.6. The van der Waals surface area contributed by atoms with E-state index in [0.29, 0.717) is 0 Å². The van der Waals surface area contributed by atoms with Gasteiger partial charge in [-0.25, -0.2) is 14.6 Å². The number of aliphatic carboxylic acids is 2. The molecule has 0 aliphatic rings. The molecule has 0 radical (unpaired) electrons. The number of carbonyl (C=O) groups is 2. The average molecular weight is 442 g/mol. The van der Waals surface area contributed by atoms with Gasteiger partial charge in [0, 0.05) is 18.5 Å². The van der Waals surface area contributed by atoms with Gasteiger partial charge in [-0.3, -0.25) is 0 Å². The highest BCUT2D eigenvalue weighted by atomic mass is 32.1. The number of benzene rings is 2. The molecule has 0 aliphatic carbocycles. The number of hydrogen-bond donors (Lipinski definition) is 2. The third-order valence-electron chi connectivity index (χ3n) is 4.57. The molecule has 0 atom stereocenters. The Kier molecular flexibility index (Phi) is 9.67. The van der Waals surface area contributed by atoms with Crippen molar-refractivity contribution in [2.75, 3.05) is 19.6 Å². The number of thiazole rings is 1. The molecule has 3 rings (SSSR count). The van der Waals surface area contributed by atoms with Crippen molar-refractivity contribution < 1.29 is 19.8 Å². The molecule has 3 aromatic rings. The van der Waals surface area contributed by atoms with Crippen LogP contribution < -0.4 is 4.80 Å². The number of hydrogen-bond acceptors (Lipinski definition) is 5. The van der Waals surface area contributed by atoms with Crippen LogP contribution in [-0.4, -0.2) is 51.3 Å². The van der Waals surface area contributed by atoms with E-state index in [-0.39, 0.29) is 0 Å². The van der Waals surface area contributed by atoms with Crippen molar-refractivity contribution in [2.45, 2.75) is 20.4 Å². The average Bonchev–Trinajstić information content (AvgIpc) is 3.18. The van der Waals surface area contributed by atoms with Crippen LogP contribution in [-0.2, 0) is 16.1 Å². The van der Waals surface area contributed by atoms with Crippen LogP contribution in [0.5, 0.6) is 0 Å². The lowest BCUT2D eigenvalue weighted by atomic mass is 10.2. The Labute approximate surface area is 185 Å². The predicted octanol–water partition coefficient (Wildman–Crippen LogP) is 3.95. The Morgan fingerprint density at radius 2 is 1.48 bits per heavy atom. The zero-order chi connectivity index (χ0) is 22.6. The summed E-state index contributed by atoms with van der Waals surface area (Å²) in [7, 11) is 0. The number of nitrogens with zero attached hydrogens (tertiary/aromatic N) is 3. The predicted molar refractivity (Wildman–Crippen MR) is 122 cm³/mol. The molecule has 0 spiro atoms. The van der Waals surface area contributed by atoms with Crippen molar-refractivity contribution in [3.63, 3.8) is 0 Å². The Hall–Kier alpha value is -3.23. The highest BCUT2D eigenvalue weighted by Gasteiger charge is 2.09. The molecule has 7 nitrogen and oxygen atoms in total. The van der Waals surface area contributed by atoms with Crippen molar-refractivity contribution >= 4 is 29.0 Å². The number of carboxylic acid groups (broad SMARTS) is 2. The molecule has 0 saturated heterocycles. The van der Waals surface area contributed by atoms with Crippen LogP contribution in [0.25, 0.3) is 11.3 Å². The monoisotopic (exact) mass is 441 g/mol. The van der Waals surface area contributed by atoms with Gasteiger partial charge >= 0.3 is 11.9 Å². The van der Waals surface area contributed by atoms with Crippen molar-refractivity contribution in [3.05, 3.63) is 70.8 Å². The molecule has 0 amide bonds. The summed E-state index contributed by atoms with van der Waals surface area (Å²) in [4.78, 5) is 26.6. The lowest BCUT2D eigenvalue weighted by molar-refractivity contribution is -0.159. The van der Waals surface area contributed by atoms with Crippen LogP contribution in [0.15, 0.2) is 71.0 Å². The van der Waals surface area contributed by atoms with Gasteiger partial charge in [0.2, 0.25) is 0 Å². The lowest BCUT2D eigenvalue weighted by Crippen LogP contribution is -2.29. The molecule has 2 aromatic carbocycles. The van der Waals surface area contributed by atoms with E-state index in [2.05, 4.69) is 71.2 Å². The van der Waals surface area contributed by atoms with E-state index in [9.17, 15) is 0 Å². The van der Waals surface area contributed by atoms with E-state index in [0.717, 1.165) is 36.7 Å². The van der Waals surface area contributed by atoms with E-state index in [4.69, 9.17) is 24.8 Å². The standard InChI is InChI=1S/C21H25N3S.C2H2O4/c1-3-23(4-2)15-16-24-20(18-11-7-5-8-12-18)17-25-21(24)22-19-13-9-6-10-14-19;3-1(4)2(5)6/h5-14,17H,3-4,15-16H2,1-2H3;(H,3,4)(H,5,6). The molecular formula is C23H27N3O4S. The Bertz CT molecular complexity index is 1010. The summed E-state index contributed by atoms with van der Waals surface area (Å²) < 4.78 is 2.35. The van der Waals surface area contributed by atoms with Gasteiger partial charge in [-0.15, -0.1) is 11.3 Å². The first-order valence-electron chi connectivity index (χ1n) is 9.98. The van der Waals surface area contributed by atoms with E-state index >= 15 is 0 Å². The van der Waals surface area contributed by atoms with Crippen LogP contribution in [0, 0.1) is 0 Å². The van der Waals surface area contributed by atoms with Crippen LogP contribution in [0.1, 0.15) is 13.8 Å². The quantitative estimate of drug-likeness (QED) is 0.542. The maximum atomic E-state index is 9.10. The van der Waals surface area contributed by atoms with Crippen molar-refractivity contribution in [1.82, 2.24) is 9.47 Å². The first-order valence-corrected chi connectivity index (χ1v) is 10.9. The molecule has 1 heterocycles. The van der Waals surface area contributed by atoms with E-state index in [1.165, 1.54) is 11.3 Å². The molecule has 2 N–H and O–H groups in total. The first kappa shape index (κ1) is 24.0. The highest BCUT2D eigenvalue weighted by molar-refractivity contribution is 7.07. The molecule has 164 valence electrons. The van der Waals surface area contributed by atoms with Crippen molar-refractivity contribution in [1.29, 1.82) is 0 Å². The molecular weight excluding hydrogens is 414 g/mol. The summed E-state index contributed by atoms with van der Waals surface area (Å²) in [5.41, 5.74) is 3.49. The summed E-state index contributed by atoms with van der Waals surface area (Å²) in [6.45, 7) is 8.57. The molecule has 1 aromatic heterocycles. The van der Waals surface area contributed by atoms with E-state index < -0.39 is 11.9 Å². The molecule has 0 saturated carbocycles. The van der Waals surface area contributed by atoms with Gasteiger partial charge in [0.25, 0.3) is 0 Å². The minimum Gasteiger partial charge on any atom is -0.473 e. The van der Waals surface area contributed by atoms with Crippen molar-refractivity contribution in [2.24, 2.45) is 4.99 Å². The number of rotatable bonds is 7.